The van der Waals surface area contributed by atoms with Crippen LogP contribution in [0.15, 0.2) is 18.2 Å². The largest absolute Gasteiger partial charge is 0.0911 e. The lowest BCUT2D eigenvalue weighted by atomic mass is 10.2. The Balaban J connectivity index is 3.28. The molecule has 0 aliphatic heterocycles. The second-order valence-corrected chi connectivity index (χ2v) is 5.90. The molecule has 0 radical (unpaired) electrons. The normalized spacial score (nSPS) is 14.8. The Labute approximate surface area is 100 Å². The van der Waals surface area contributed by atoms with Crippen molar-refractivity contribution in [2.75, 3.05) is 0 Å². The molecule has 0 saturated carbocycles. The van der Waals surface area contributed by atoms with Gasteiger partial charge in [-0.05, 0) is 52.1 Å². The smallest absolute Gasteiger partial charge is 0.0270 e. The van der Waals surface area contributed by atoms with Gasteiger partial charge < -0.3 is 0 Å². The summed E-state index contributed by atoms with van der Waals surface area (Å²) in [5.74, 6) is 0. The first-order chi connectivity index (χ1) is 5.59. The van der Waals surface area contributed by atoms with Crippen LogP contribution in [0.2, 0.25) is 0 Å². The van der Waals surface area contributed by atoms with Crippen molar-refractivity contribution in [1.29, 1.82) is 0 Å². The Hall–Kier alpha value is 0.420. The highest BCUT2D eigenvalue weighted by Crippen LogP contribution is 1.99. The maximum Gasteiger partial charge on any atom is 0.0270 e. The van der Waals surface area contributed by atoms with Crippen molar-refractivity contribution in [3.8, 4) is 0 Å². The van der Waals surface area contributed by atoms with E-state index in [-0.39, 0.29) is 0 Å². The zero-order valence-electron chi connectivity index (χ0n) is 6.85. The van der Waals surface area contributed by atoms with Crippen LogP contribution in [0.5, 0.6) is 0 Å². The number of hydrogen-bond donors (Lipinski definition) is 0. The quantitative estimate of drug-likeness (QED) is 0.515. The molecule has 2 heteroatoms. The van der Waals surface area contributed by atoms with Gasteiger partial charge in [0.2, 0.25) is 0 Å². The van der Waals surface area contributed by atoms with Crippen molar-refractivity contribution in [2.24, 2.45) is 0 Å². The van der Waals surface area contributed by atoms with Crippen LogP contribution in [0.25, 0.3) is 12.7 Å². The van der Waals surface area contributed by atoms with Crippen LogP contribution in [0.3, 0.4) is 0 Å². The van der Waals surface area contributed by atoms with E-state index in [0.717, 1.165) is 5.22 Å². The first-order valence-corrected chi connectivity index (χ1v) is 6.02. The van der Waals surface area contributed by atoms with Crippen LogP contribution < -0.4 is 10.4 Å². The van der Waals surface area contributed by atoms with E-state index in [0.29, 0.717) is 3.92 Å². The minimum absolute atomic E-state index is 0.558. The number of alkyl halides is 1. The maximum atomic E-state index is 4.00. The third kappa shape index (κ3) is 3.05. The minimum Gasteiger partial charge on any atom is -0.0911 e. The molecule has 0 saturated heterocycles. The van der Waals surface area contributed by atoms with E-state index in [2.05, 4.69) is 83.0 Å². The van der Waals surface area contributed by atoms with Gasteiger partial charge in [0.1, 0.15) is 0 Å². The summed E-state index contributed by atoms with van der Waals surface area (Å²) in [5, 5.41) is 2.36. The fourth-order valence-electron chi connectivity index (χ4n) is 0.984. The fraction of sp³-hybridized carbons (Fsp3) is 0.200. The number of hydrogen-bond acceptors (Lipinski definition) is 0. The highest BCUT2D eigenvalue weighted by atomic mass is 127. The van der Waals surface area contributed by atoms with Crippen molar-refractivity contribution < 1.29 is 0 Å². The average Bonchev–Trinajstić information content (AvgIpc) is 1.94. The van der Waals surface area contributed by atoms with Crippen LogP contribution in [-0.4, -0.2) is 3.92 Å². The van der Waals surface area contributed by atoms with E-state index in [9.17, 15) is 0 Å². The van der Waals surface area contributed by atoms with Crippen LogP contribution in [-0.2, 0) is 0 Å². The summed E-state index contributed by atoms with van der Waals surface area (Å²) in [6.07, 6.45) is 2.22. The van der Waals surface area contributed by atoms with Gasteiger partial charge in [-0.25, -0.2) is 0 Å². The van der Waals surface area contributed by atoms with Crippen LogP contribution in [0.4, 0.5) is 0 Å². The van der Waals surface area contributed by atoms with Gasteiger partial charge >= 0.3 is 0 Å². The summed E-state index contributed by atoms with van der Waals surface area (Å²) in [4.78, 5) is 0. The molecule has 0 aliphatic carbocycles. The van der Waals surface area contributed by atoms with Gasteiger partial charge in [-0.1, -0.05) is 41.3 Å². The predicted molar refractivity (Wildman–Crippen MR) is 71.9 cm³/mol. The zero-order valence-corrected chi connectivity index (χ0v) is 11.2. The van der Waals surface area contributed by atoms with E-state index in [1.807, 2.05) is 0 Å². The van der Waals surface area contributed by atoms with Crippen molar-refractivity contribution in [3.63, 3.8) is 0 Å². The Morgan fingerprint density at radius 2 is 2.17 bits per heavy atom. The summed E-state index contributed by atoms with van der Waals surface area (Å²) >= 11 is 4.69. The average molecular weight is 384 g/mol. The van der Waals surface area contributed by atoms with Gasteiger partial charge in [-0.2, -0.15) is 0 Å². The van der Waals surface area contributed by atoms with Crippen molar-refractivity contribution in [1.82, 2.24) is 0 Å². The van der Waals surface area contributed by atoms with Gasteiger partial charge in [-0.3, -0.25) is 0 Å². The lowest BCUT2D eigenvalue weighted by Gasteiger charge is -1.94. The second-order valence-electron chi connectivity index (χ2n) is 2.69. The standard InChI is InChI=1S/C10H10I2/c1-7-5-10(12)4-3-9(7)6-8(2)11/h3-6,8H,1H2,2H3/b9-6-. The van der Waals surface area contributed by atoms with Gasteiger partial charge in [0, 0.05) is 7.49 Å². The van der Waals surface area contributed by atoms with Gasteiger partial charge in [0.05, 0.1) is 0 Å². The molecule has 0 aliphatic rings. The maximum absolute atomic E-state index is 4.00. The molecule has 64 valence electrons. The Bertz CT molecular complexity index is 366. The number of halogens is 2. The molecule has 1 rings (SSSR count). The van der Waals surface area contributed by atoms with Crippen molar-refractivity contribution in [2.45, 2.75) is 10.8 Å². The highest BCUT2D eigenvalue weighted by Gasteiger charge is 1.89. The summed E-state index contributed by atoms with van der Waals surface area (Å²) < 4.78 is 1.80. The minimum atomic E-state index is 0.558. The monoisotopic (exact) mass is 384 g/mol. The van der Waals surface area contributed by atoms with Crippen LogP contribution in [0, 0.1) is 3.57 Å². The molecule has 0 fully saturated rings. The summed E-state index contributed by atoms with van der Waals surface area (Å²) in [5.41, 5.74) is 0. The Morgan fingerprint density at radius 1 is 1.50 bits per heavy atom. The van der Waals surface area contributed by atoms with Gasteiger partial charge in [0.25, 0.3) is 0 Å². The molecule has 0 nitrogen and oxygen atoms in total. The van der Waals surface area contributed by atoms with Crippen LogP contribution in [0.1, 0.15) is 6.92 Å². The van der Waals surface area contributed by atoms with E-state index < -0.39 is 0 Å². The predicted octanol–water partition coefficient (Wildman–Crippen LogP) is 2.31. The van der Waals surface area contributed by atoms with Gasteiger partial charge in [-0.15, -0.1) is 0 Å². The van der Waals surface area contributed by atoms with Gasteiger partial charge in [0.15, 0.2) is 0 Å². The molecule has 0 heterocycles. The number of benzene rings is 1. The summed E-state index contributed by atoms with van der Waals surface area (Å²) in [6.45, 7) is 6.16. The van der Waals surface area contributed by atoms with Crippen molar-refractivity contribution in [3.05, 3.63) is 32.2 Å². The lowest BCUT2D eigenvalue weighted by Crippen LogP contribution is -2.23. The highest BCUT2D eigenvalue weighted by molar-refractivity contribution is 14.1. The lowest BCUT2D eigenvalue weighted by molar-refractivity contribution is 1.35. The molecule has 1 aromatic rings. The third-order valence-corrected chi connectivity index (χ3v) is 2.54. The number of rotatable bonds is 1. The van der Waals surface area contributed by atoms with E-state index in [1.54, 1.807) is 0 Å². The SMILES string of the molecule is C=c1cc(I)cc/c1=C/C(C)I. The molecular weight excluding hydrogens is 374 g/mol. The molecule has 0 N–H and O–H groups in total. The molecule has 1 unspecified atom stereocenters. The third-order valence-electron chi connectivity index (χ3n) is 1.51. The molecule has 0 amide bonds. The first kappa shape index (κ1) is 10.5. The zero-order chi connectivity index (χ0) is 9.14. The molecule has 12 heavy (non-hydrogen) atoms. The van der Waals surface area contributed by atoms with E-state index in [1.165, 1.54) is 8.79 Å². The molecule has 0 aromatic heterocycles. The van der Waals surface area contributed by atoms with E-state index in [4.69, 9.17) is 0 Å². The summed E-state index contributed by atoms with van der Waals surface area (Å²) in [7, 11) is 0. The molecule has 1 atom stereocenters. The Morgan fingerprint density at radius 3 is 2.67 bits per heavy atom. The topological polar surface area (TPSA) is 0 Å². The first-order valence-electron chi connectivity index (χ1n) is 3.70. The van der Waals surface area contributed by atoms with Crippen molar-refractivity contribution >= 4 is 57.8 Å². The van der Waals surface area contributed by atoms with Crippen LogP contribution >= 0.6 is 45.2 Å². The molecule has 0 spiro atoms. The molecule has 0 bridgehead atoms. The Kier molecular flexibility index (Phi) is 4.02. The van der Waals surface area contributed by atoms with E-state index >= 15 is 0 Å². The molecule has 1 aromatic carbocycles. The second kappa shape index (κ2) is 4.60. The summed E-state index contributed by atoms with van der Waals surface area (Å²) in [6, 6.07) is 6.34. The molecular formula is C10H10I2. The fourth-order valence-corrected chi connectivity index (χ4v) is 1.93.